The summed E-state index contributed by atoms with van der Waals surface area (Å²) in [6.07, 6.45) is 2.03. The van der Waals surface area contributed by atoms with Crippen molar-refractivity contribution in [1.82, 2.24) is 4.90 Å². The lowest BCUT2D eigenvalue weighted by Gasteiger charge is -2.34. The second-order valence-corrected chi connectivity index (χ2v) is 5.96. The van der Waals surface area contributed by atoms with Gasteiger partial charge in [0.05, 0.1) is 33.0 Å². The highest BCUT2D eigenvalue weighted by atomic mass is 16.5. The molecular weight excluding hydrogens is 294 g/mol. The van der Waals surface area contributed by atoms with Gasteiger partial charge in [0.2, 0.25) is 0 Å². The van der Waals surface area contributed by atoms with E-state index in [0.29, 0.717) is 19.8 Å². The molecule has 1 atom stereocenters. The molecule has 0 saturated carbocycles. The molecule has 0 radical (unpaired) electrons. The molecule has 5 nitrogen and oxygen atoms in total. The Morgan fingerprint density at radius 1 is 1.39 bits per heavy atom. The number of hydrogen-bond donors (Lipinski definition) is 1. The maximum absolute atomic E-state index is 9.45. The van der Waals surface area contributed by atoms with E-state index in [9.17, 15) is 5.11 Å². The highest BCUT2D eigenvalue weighted by Gasteiger charge is 2.22. The van der Waals surface area contributed by atoms with E-state index in [1.54, 1.807) is 7.11 Å². The molecule has 1 N–H and O–H groups in total. The summed E-state index contributed by atoms with van der Waals surface area (Å²) in [6, 6.07) is 6.05. The van der Waals surface area contributed by atoms with Crippen molar-refractivity contribution in [3.05, 3.63) is 35.4 Å². The third-order valence-electron chi connectivity index (χ3n) is 3.90. The van der Waals surface area contributed by atoms with Crippen LogP contribution in [0.5, 0.6) is 11.5 Å². The Morgan fingerprint density at radius 3 is 2.91 bits per heavy atom. The molecule has 5 heteroatoms. The largest absolute Gasteiger partial charge is 0.493 e. The smallest absolute Gasteiger partial charge is 0.161 e. The Morgan fingerprint density at radius 2 is 2.22 bits per heavy atom. The van der Waals surface area contributed by atoms with Crippen LogP contribution in [-0.2, 0) is 11.3 Å². The molecule has 128 valence electrons. The van der Waals surface area contributed by atoms with Gasteiger partial charge in [-0.25, -0.2) is 0 Å². The first-order valence-electron chi connectivity index (χ1n) is 7.99. The number of hydrogen-bond acceptors (Lipinski definition) is 5. The van der Waals surface area contributed by atoms with Crippen molar-refractivity contribution in [2.45, 2.75) is 26.4 Å². The molecule has 0 spiro atoms. The van der Waals surface area contributed by atoms with Crippen LogP contribution in [0.15, 0.2) is 29.8 Å². The van der Waals surface area contributed by atoms with Gasteiger partial charge in [-0.15, -0.1) is 0 Å². The Kier molecular flexibility index (Phi) is 6.89. The van der Waals surface area contributed by atoms with Crippen LogP contribution in [0.2, 0.25) is 0 Å². The second-order valence-electron chi connectivity index (χ2n) is 5.96. The number of allylic oxidation sites excluding steroid dienone is 1. The van der Waals surface area contributed by atoms with Gasteiger partial charge in [0.1, 0.15) is 6.61 Å². The average Bonchev–Trinajstić information content (AvgIpc) is 2.56. The van der Waals surface area contributed by atoms with Gasteiger partial charge in [0, 0.05) is 13.1 Å². The minimum atomic E-state index is 0.0586. The van der Waals surface area contributed by atoms with Crippen molar-refractivity contribution in [3.8, 4) is 11.5 Å². The molecule has 2 rings (SSSR count). The fraction of sp³-hybridized carbons (Fsp3) is 0.556. The molecule has 1 aliphatic heterocycles. The molecule has 1 aliphatic rings. The summed E-state index contributed by atoms with van der Waals surface area (Å²) in [4.78, 5) is 2.24. The van der Waals surface area contributed by atoms with Gasteiger partial charge in [-0.1, -0.05) is 11.6 Å². The maximum atomic E-state index is 9.45. The lowest BCUT2D eigenvalue weighted by Crippen LogP contribution is -2.46. The van der Waals surface area contributed by atoms with Gasteiger partial charge in [-0.3, -0.25) is 4.90 Å². The van der Waals surface area contributed by atoms with Gasteiger partial charge in [-0.2, -0.15) is 0 Å². The predicted octanol–water partition coefficient (Wildman–Crippen LogP) is 2.23. The molecular formula is C18H27NO4. The normalized spacial score (nSPS) is 18.5. The van der Waals surface area contributed by atoms with E-state index in [2.05, 4.69) is 4.90 Å². The summed E-state index contributed by atoms with van der Waals surface area (Å²) >= 11 is 0. The monoisotopic (exact) mass is 321 g/mol. The summed E-state index contributed by atoms with van der Waals surface area (Å²) in [7, 11) is 1.65. The van der Waals surface area contributed by atoms with Crippen LogP contribution in [0.25, 0.3) is 0 Å². The van der Waals surface area contributed by atoms with E-state index in [0.717, 1.165) is 30.2 Å². The SMILES string of the molecule is COc1cc(CN2CCOCC2CO)ccc1OCC=C(C)C. The molecule has 1 saturated heterocycles. The van der Waals surface area contributed by atoms with E-state index >= 15 is 0 Å². The Labute approximate surface area is 138 Å². The van der Waals surface area contributed by atoms with Crippen molar-refractivity contribution >= 4 is 0 Å². The minimum Gasteiger partial charge on any atom is -0.493 e. The zero-order valence-electron chi connectivity index (χ0n) is 14.2. The van der Waals surface area contributed by atoms with Crippen LogP contribution in [0, 0.1) is 0 Å². The number of aliphatic hydroxyl groups is 1. The summed E-state index contributed by atoms with van der Waals surface area (Å²) in [5, 5.41) is 9.45. The van der Waals surface area contributed by atoms with Crippen molar-refractivity contribution in [1.29, 1.82) is 0 Å². The van der Waals surface area contributed by atoms with Crippen LogP contribution in [0.4, 0.5) is 0 Å². The lowest BCUT2D eigenvalue weighted by atomic mass is 10.1. The third kappa shape index (κ3) is 5.23. The molecule has 1 aromatic rings. The van der Waals surface area contributed by atoms with E-state index in [-0.39, 0.29) is 12.6 Å². The van der Waals surface area contributed by atoms with E-state index in [1.807, 2.05) is 38.1 Å². The minimum absolute atomic E-state index is 0.0586. The average molecular weight is 321 g/mol. The fourth-order valence-corrected chi connectivity index (χ4v) is 2.53. The molecule has 1 aromatic carbocycles. The van der Waals surface area contributed by atoms with Crippen LogP contribution < -0.4 is 9.47 Å². The standard InChI is InChI=1S/C18H27NO4/c1-14(2)6-8-23-17-5-4-15(10-18(17)21-3)11-19-7-9-22-13-16(19)12-20/h4-6,10,16,20H,7-9,11-13H2,1-3H3. The fourth-order valence-electron chi connectivity index (χ4n) is 2.53. The molecule has 1 fully saturated rings. The highest BCUT2D eigenvalue weighted by Crippen LogP contribution is 2.29. The first-order chi connectivity index (χ1) is 11.1. The van der Waals surface area contributed by atoms with Crippen LogP contribution in [0.1, 0.15) is 19.4 Å². The molecule has 0 amide bonds. The van der Waals surface area contributed by atoms with E-state index in [4.69, 9.17) is 14.2 Å². The molecule has 0 aromatic heterocycles. The Bertz CT molecular complexity index is 526. The van der Waals surface area contributed by atoms with Crippen LogP contribution >= 0.6 is 0 Å². The summed E-state index contributed by atoms with van der Waals surface area (Å²) in [5.41, 5.74) is 2.36. The van der Waals surface area contributed by atoms with Gasteiger partial charge >= 0.3 is 0 Å². The molecule has 1 unspecified atom stereocenters. The van der Waals surface area contributed by atoms with E-state index < -0.39 is 0 Å². The van der Waals surface area contributed by atoms with Crippen LogP contribution in [0.3, 0.4) is 0 Å². The molecule has 23 heavy (non-hydrogen) atoms. The number of nitrogens with zero attached hydrogens (tertiary/aromatic N) is 1. The van der Waals surface area contributed by atoms with Crippen LogP contribution in [-0.4, -0.2) is 56.1 Å². The molecule has 0 bridgehead atoms. The number of morpholine rings is 1. The first-order valence-corrected chi connectivity index (χ1v) is 7.99. The number of benzene rings is 1. The van der Waals surface area contributed by atoms with Gasteiger partial charge in [-0.05, 0) is 37.6 Å². The topological polar surface area (TPSA) is 51.2 Å². The van der Waals surface area contributed by atoms with Crippen molar-refractivity contribution < 1.29 is 19.3 Å². The number of rotatable bonds is 7. The van der Waals surface area contributed by atoms with Crippen molar-refractivity contribution in [2.75, 3.05) is 40.1 Å². The van der Waals surface area contributed by atoms with Gasteiger partial charge < -0.3 is 19.3 Å². The number of aliphatic hydroxyl groups excluding tert-OH is 1. The van der Waals surface area contributed by atoms with Gasteiger partial charge in [0.15, 0.2) is 11.5 Å². The highest BCUT2D eigenvalue weighted by molar-refractivity contribution is 5.43. The first kappa shape index (κ1) is 17.8. The molecule has 0 aliphatic carbocycles. The Balaban J connectivity index is 2.04. The zero-order valence-corrected chi connectivity index (χ0v) is 14.2. The predicted molar refractivity (Wildman–Crippen MR) is 90.0 cm³/mol. The summed E-state index contributed by atoms with van der Waals surface area (Å²) < 4.78 is 16.6. The summed E-state index contributed by atoms with van der Waals surface area (Å²) in [6.45, 7) is 7.61. The van der Waals surface area contributed by atoms with Crippen molar-refractivity contribution in [3.63, 3.8) is 0 Å². The molecule has 1 heterocycles. The van der Waals surface area contributed by atoms with Crippen molar-refractivity contribution in [2.24, 2.45) is 0 Å². The Hall–Kier alpha value is -1.56. The second kappa shape index (κ2) is 8.91. The maximum Gasteiger partial charge on any atom is 0.161 e. The summed E-state index contributed by atoms with van der Waals surface area (Å²) in [5.74, 6) is 1.48. The van der Waals surface area contributed by atoms with E-state index in [1.165, 1.54) is 5.57 Å². The van der Waals surface area contributed by atoms with Gasteiger partial charge in [0.25, 0.3) is 0 Å². The number of ether oxygens (including phenoxy) is 3. The lowest BCUT2D eigenvalue weighted by molar-refractivity contribution is -0.0312. The zero-order chi connectivity index (χ0) is 16.7. The quantitative estimate of drug-likeness (QED) is 0.781. The third-order valence-corrected chi connectivity index (χ3v) is 3.90. The number of methoxy groups -OCH3 is 1.